The highest BCUT2D eigenvalue weighted by Gasteiger charge is 2.20. The average Bonchev–Trinajstić information content (AvgIpc) is 3.19. The number of guanidine groups is 1. The van der Waals surface area contributed by atoms with Crippen LogP contribution in [-0.4, -0.2) is 47.0 Å². The summed E-state index contributed by atoms with van der Waals surface area (Å²) in [6, 6.07) is 19.0. The van der Waals surface area contributed by atoms with Crippen LogP contribution in [0.25, 0.3) is 0 Å². The number of benzene rings is 2. The third kappa shape index (κ3) is 6.85. The van der Waals surface area contributed by atoms with Crippen molar-refractivity contribution >= 4 is 35.6 Å². The van der Waals surface area contributed by atoms with Crippen LogP contribution in [0.15, 0.2) is 59.6 Å². The molecule has 1 saturated heterocycles. The Balaban J connectivity index is 0.00000324. The molecule has 2 heterocycles. The molecule has 0 atom stereocenters. The molecular formula is C25H34IN7O. The zero-order valence-corrected chi connectivity index (χ0v) is 22.4. The molecule has 3 aromatic rings. The Morgan fingerprint density at radius 3 is 2.38 bits per heavy atom. The zero-order valence-electron chi connectivity index (χ0n) is 20.1. The summed E-state index contributed by atoms with van der Waals surface area (Å²) in [6.45, 7) is 5.15. The Morgan fingerprint density at radius 1 is 1.06 bits per heavy atom. The first-order chi connectivity index (χ1) is 16.1. The first-order valence-electron chi connectivity index (χ1n) is 11.4. The Labute approximate surface area is 218 Å². The van der Waals surface area contributed by atoms with Crippen LogP contribution >= 0.6 is 24.0 Å². The second-order valence-electron chi connectivity index (χ2n) is 8.33. The number of methoxy groups -OCH3 is 1. The molecule has 2 N–H and O–H groups in total. The smallest absolute Gasteiger partial charge is 0.192 e. The maximum atomic E-state index is 5.26. The highest BCUT2D eigenvalue weighted by atomic mass is 127. The highest BCUT2D eigenvalue weighted by Crippen LogP contribution is 2.19. The minimum Gasteiger partial charge on any atom is -0.497 e. The molecule has 1 fully saturated rings. The van der Waals surface area contributed by atoms with E-state index >= 15 is 0 Å². The van der Waals surface area contributed by atoms with E-state index in [1.807, 2.05) is 42.8 Å². The minimum absolute atomic E-state index is 0. The van der Waals surface area contributed by atoms with Gasteiger partial charge in [0.15, 0.2) is 11.8 Å². The molecule has 0 aliphatic carbocycles. The molecule has 34 heavy (non-hydrogen) atoms. The van der Waals surface area contributed by atoms with Crippen LogP contribution in [0.1, 0.15) is 30.1 Å². The van der Waals surface area contributed by atoms with Gasteiger partial charge in [0.2, 0.25) is 0 Å². The highest BCUT2D eigenvalue weighted by molar-refractivity contribution is 14.0. The number of aliphatic imine (C=N–C) groups is 1. The molecule has 2 aromatic carbocycles. The first-order valence-corrected chi connectivity index (χ1v) is 11.4. The molecular weight excluding hydrogens is 541 g/mol. The van der Waals surface area contributed by atoms with Crippen molar-refractivity contribution in [2.75, 3.05) is 25.1 Å². The number of halogens is 1. The lowest BCUT2D eigenvalue weighted by atomic mass is 10.0. The summed E-state index contributed by atoms with van der Waals surface area (Å²) in [6.07, 6.45) is 2.11. The molecule has 1 aliphatic heterocycles. The van der Waals surface area contributed by atoms with Crippen molar-refractivity contribution in [3.8, 4) is 5.75 Å². The van der Waals surface area contributed by atoms with Crippen LogP contribution in [0.4, 0.5) is 5.69 Å². The fraction of sp³-hybridized carbons (Fsp3) is 0.400. The van der Waals surface area contributed by atoms with Crippen molar-refractivity contribution in [3.63, 3.8) is 0 Å². The molecule has 4 rings (SSSR count). The predicted octanol–water partition coefficient (Wildman–Crippen LogP) is 3.65. The summed E-state index contributed by atoms with van der Waals surface area (Å²) in [5.74, 6) is 3.42. The Bertz CT molecular complexity index is 1040. The maximum Gasteiger partial charge on any atom is 0.192 e. The van der Waals surface area contributed by atoms with E-state index in [2.05, 4.69) is 56.1 Å². The van der Waals surface area contributed by atoms with E-state index < -0.39 is 0 Å². The van der Waals surface area contributed by atoms with Crippen LogP contribution in [0, 0.1) is 6.92 Å². The van der Waals surface area contributed by atoms with Gasteiger partial charge in [0.25, 0.3) is 0 Å². The minimum atomic E-state index is 0. The van der Waals surface area contributed by atoms with E-state index in [9.17, 15) is 0 Å². The van der Waals surface area contributed by atoms with E-state index in [0.717, 1.165) is 54.9 Å². The molecule has 182 valence electrons. The van der Waals surface area contributed by atoms with Gasteiger partial charge in [-0.3, -0.25) is 0 Å². The summed E-state index contributed by atoms with van der Waals surface area (Å²) in [7, 11) is 3.66. The number of nitrogens with one attached hydrogen (secondary N) is 2. The second-order valence-corrected chi connectivity index (χ2v) is 8.33. The standard InChI is InChI=1S/C25H33N7O.HI/c1-19-29-30-24(31(19)2)18-27-25(26-17-20-9-11-23(33-3)12-10-20)28-21-13-15-32(16-14-21)22-7-5-4-6-8-22;/h4-12,21H,13-18H2,1-3H3,(H2,26,27,28);1H. The molecule has 8 nitrogen and oxygen atoms in total. The third-order valence-electron chi connectivity index (χ3n) is 6.13. The number of anilines is 1. The molecule has 0 bridgehead atoms. The lowest BCUT2D eigenvalue weighted by molar-refractivity contribution is 0.414. The van der Waals surface area contributed by atoms with E-state index in [-0.39, 0.29) is 24.0 Å². The SMILES string of the molecule is COc1ccc(CN=C(NCc2nnc(C)n2C)NC2CCN(c3ccccc3)CC2)cc1.I. The van der Waals surface area contributed by atoms with Crippen molar-refractivity contribution < 1.29 is 4.74 Å². The summed E-state index contributed by atoms with van der Waals surface area (Å²) < 4.78 is 7.25. The molecule has 0 radical (unpaired) electrons. The summed E-state index contributed by atoms with van der Waals surface area (Å²) in [5, 5.41) is 15.5. The third-order valence-corrected chi connectivity index (χ3v) is 6.13. The average molecular weight is 575 g/mol. The summed E-state index contributed by atoms with van der Waals surface area (Å²) >= 11 is 0. The topological polar surface area (TPSA) is 79.6 Å². The van der Waals surface area contributed by atoms with Crippen molar-refractivity contribution in [1.82, 2.24) is 25.4 Å². The van der Waals surface area contributed by atoms with Gasteiger partial charge in [-0.2, -0.15) is 0 Å². The molecule has 1 aromatic heterocycles. The Morgan fingerprint density at radius 2 is 1.76 bits per heavy atom. The number of aryl methyl sites for hydroxylation is 1. The van der Waals surface area contributed by atoms with Crippen molar-refractivity contribution in [3.05, 3.63) is 71.8 Å². The van der Waals surface area contributed by atoms with E-state index in [1.165, 1.54) is 5.69 Å². The van der Waals surface area contributed by atoms with Gasteiger partial charge in [0.1, 0.15) is 11.6 Å². The van der Waals surface area contributed by atoms with Crippen LogP contribution in [0.2, 0.25) is 0 Å². The number of piperidine rings is 1. The Hall–Kier alpha value is -2.82. The number of nitrogens with zero attached hydrogens (tertiary/aromatic N) is 5. The van der Waals surface area contributed by atoms with Crippen LogP contribution in [0.3, 0.4) is 0 Å². The largest absolute Gasteiger partial charge is 0.497 e. The monoisotopic (exact) mass is 575 g/mol. The predicted molar refractivity (Wildman–Crippen MR) is 147 cm³/mol. The van der Waals surface area contributed by atoms with Crippen LogP contribution in [0.5, 0.6) is 5.75 Å². The summed E-state index contributed by atoms with van der Waals surface area (Å²) in [5.41, 5.74) is 2.42. The number of para-hydroxylation sites is 1. The van der Waals surface area contributed by atoms with Gasteiger partial charge >= 0.3 is 0 Å². The van der Waals surface area contributed by atoms with Crippen LogP contribution < -0.4 is 20.3 Å². The van der Waals surface area contributed by atoms with E-state index in [0.29, 0.717) is 19.1 Å². The Kier molecular flexibility index (Phi) is 9.55. The zero-order chi connectivity index (χ0) is 23.0. The normalized spacial score (nSPS) is 14.4. The number of hydrogen-bond donors (Lipinski definition) is 2. The molecule has 0 saturated carbocycles. The lowest BCUT2D eigenvalue weighted by Crippen LogP contribution is -2.48. The van der Waals surface area contributed by atoms with Gasteiger partial charge in [0, 0.05) is 31.9 Å². The van der Waals surface area contributed by atoms with Crippen molar-refractivity contribution in [2.45, 2.75) is 38.9 Å². The fourth-order valence-corrected chi connectivity index (χ4v) is 3.94. The van der Waals surface area contributed by atoms with Gasteiger partial charge in [-0.1, -0.05) is 30.3 Å². The molecule has 9 heteroatoms. The fourth-order valence-electron chi connectivity index (χ4n) is 3.94. The number of rotatable bonds is 7. The van der Waals surface area contributed by atoms with Gasteiger partial charge in [-0.15, -0.1) is 34.2 Å². The second kappa shape index (κ2) is 12.6. The number of ether oxygens (including phenoxy) is 1. The maximum absolute atomic E-state index is 5.26. The first kappa shape index (κ1) is 25.8. The summed E-state index contributed by atoms with van der Waals surface area (Å²) in [4.78, 5) is 7.30. The molecule has 0 unspecified atom stereocenters. The van der Waals surface area contributed by atoms with Gasteiger partial charge in [-0.25, -0.2) is 4.99 Å². The van der Waals surface area contributed by atoms with Gasteiger partial charge in [0.05, 0.1) is 20.2 Å². The number of hydrogen-bond acceptors (Lipinski definition) is 5. The van der Waals surface area contributed by atoms with Gasteiger partial charge < -0.3 is 24.8 Å². The van der Waals surface area contributed by atoms with E-state index in [1.54, 1.807) is 7.11 Å². The molecule has 0 spiro atoms. The quantitative estimate of drug-likeness (QED) is 0.255. The molecule has 1 aliphatic rings. The van der Waals surface area contributed by atoms with Crippen molar-refractivity contribution in [2.24, 2.45) is 12.0 Å². The van der Waals surface area contributed by atoms with Crippen molar-refractivity contribution in [1.29, 1.82) is 0 Å². The number of aromatic nitrogens is 3. The van der Waals surface area contributed by atoms with E-state index in [4.69, 9.17) is 9.73 Å². The lowest BCUT2D eigenvalue weighted by Gasteiger charge is -2.34. The van der Waals surface area contributed by atoms with Crippen LogP contribution in [-0.2, 0) is 20.1 Å². The van der Waals surface area contributed by atoms with Gasteiger partial charge in [-0.05, 0) is 49.6 Å². The molecule has 0 amide bonds.